The molecule has 9 heteroatoms. The summed E-state index contributed by atoms with van der Waals surface area (Å²) in [6, 6.07) is 12.5. The summed E-state index contributed by atoms with van der Waals surface area (Å²) in [5.74, 6) is -0.780. The van der Waals surface area contributed by atoms with Crippen molar-refractivity contribution in [1.82, 2.24) is 5.43 Å². The second-order valence-corrected chi connectivity index (χ2v) is 5.64. The molecular weight excluding hydrogens is 360 g/mol. The summed E-state index contributed by atoms with van der Waals surface area (Å²) < 4.78 is 0. The molecule has 0 unspecified atom stereocenters. The van der Waals surface area contributed by atoms with Crippen molar-refractivity contribution in [3.8, 4) is 0 Å². The Morgan fingerprint density at radius 3 is 2.58 bits per heavy atom. The molecular formula is C17H15ClN4O4. The fourth-order valence-electron chi connectivity index (χ4n) is 1.97. The lowest BCUT2D eigenvalue weighted by atomic mass is 10.2. The van der Waals surface area contributed by atoms with E-state index in [0.29, 0.717) is 16.3 Å². The second-order valence-electron chi connectivity index (χ2n) is 5.20. The number of amides is 2. The number of nitro groups is 1. The van der Waals surface area contributed by atoms with Crippen LogP contribution in [-0.4, -0.2) is 23.0 Å². The number of nitrogens with one attached hydrogen (secondary N) is 2. The highest BCUT2D eigenvalue weighted by Crippen LogP contribution is 2.15. The third-order valence-corrected chi connectivity index (χ3v) is 3.41. The van der Waals surface area contributed by atoms with Crippen LogP contribution in [0.3, 0.4) is 0 Å². The fraction of sp³-hybridized carbons (Fsp3) is 0.118. The van der Waals surface area contributed by atoms with Gasteiger partial charge in [0.2, 0.25) is 11.8 Å². The lowest BCUT2D eigenvalue weighted by Gasteiger charge is -2.05. The molecule has 0 aliphatic carbocycles. The number of rotatable bonds is 7. The minimum absolute atomic E-state index is 0.0231. The van der Waals surface area contributed by atoms with Crippen LogP contribution in [0.1, 0.15) is 18.4 Å². The van der Waals surface area contributed by atoms with Crippen LogP contribution in [0.2, 0.25) is 5.02 Å². The molecule has 0 aromatic heterocycles. The standard InChI is InChI=1S/C17H15ClN4O4/c18-13-4-2-5-14(10-13)20-16(23)7-8-17(24)21-19-11-12-3-1-6-15(9-12)22(25)26/h1-6,9-11H,7-8H2,(H,20,23)(H,21,24)/b19-11+. The zero-order chi connectivity index (χ0) is 18.9. The van der Waals surface area contributed by atoms with E-state index in [2.05, 4.69) is 15.8 Å². The molecule has 0 spiro atoms. The number of nitrogens with zero attached hydrogens (tertiary/aromatic N) is 2. The van der Waals surface area contributed by atoms with Crippen LogP contribution in [0.5, 0.6) is 0 Å². The van der Waals surface area contributed by atoms with Crippen molar-refractivity contribution in [2.24, 2.45) is 5.10 Å². The Hall–Kier alpha value is -3.26. The highest BCUT2D eigenvalue weighted by Gasteiger charge is 2.07. The molecule has 2 aromatic rings. The van der Waals surface area contributed by atoms with Crippen molar-refractivity contribution in [2.45, 2.75) is 12.8 Å². The molecule has 0 saturated heterocycles. The van der Waals surface area contributed by atoms with E-state index in [1.165, 1.54) is 24.4 Å². The van der Waals surface area contributed by atoms with E-state index in [4.69, 9.17) is 11.6 Å². The van der Waals surface area contributed by atoms with Gasteiger partial charge in [0.1, 0.15) is 0 Å². The van der Waals surface area contributed by atoms with Gasteiger partial charge in [-0.3, -0.25) is 19.7 Å². The van der Waals surface area contributed by atoms with Gasteiger partial charge in [-0.15, -0.1) is 0 Å². The minimum atomic E-state index is -0.519. The second kappa shape index (κ2) is 9.28. The Bertz CT molecular complexity index is 854. The molecule has 0 radical (unpaired) electrons. The van der Waals surface area contributed by atoms with Crippen molar-refractivity contribution in [3.05, 3.63) is 69.2 Å². The van der Waals surface area contributed by atoms with Gasteiger partial charge >= 0.3 is 0 Å². The highest BCUT2D eigenvalue weighted by molar-refractivity contribution is 6.30. The summed E-state index contributed by atoms with van der Waals surface area (Å²) in [6.45, 7) is 0. The van der Waals surface area contributed by atoms with Gasteiger partial charge < -0.3 is 5.32 Å². The summed E-state index contributed by atoms with van der Waals surface area (Å²) in [4.78, 5) is 33.6. The number of hydrazone groups is 1. The molecule has 2 amide bonds. The van der Waals surface area contributed by atoms with Crippen LogP contribution in [-0.2, 0) is 9.59 Å². The smallest absolute Gasteiger partial charge is 0.270 e. The van der Waals surface area contributed by atoms with Crippen LogP contribution >= 0.6 is 11.6 Å². The van der Waals surface area contributed by atoms with E-state index in [9.17, 15) is 19.7 Å². The van der Waals surface area contributed by atoms with Gasteiger partial charge in [0.05, 0.1) is 11.1 Å². The van der Waals surface area contributed by atoms with Crippen molar-refractivity contribution in [2.75, 3.05) is 5.32 Å². The number of hydrogen-bond acceptors (Lipinski definition) is 5. The van der Waals surface area contributed by atoms with Crippen molar-refractivity contribution < 1.29 is 14.5 Å². The van der Waals surface area contributed by atoms with Crippen molar-refractivity contribution in [3.63, 3.8) is 0 Å². The Morgan fingerprint density at radius 1 is 1.12 bits per heavy atom. The first-order valence-electron chi connectivity index (χ1n) is 7.56. The monoisotopic (exact) mass is 374 g/mol. The lowest BCUT2D eigenvalue weighted by Crippen LogP contribution is -2.20. The Morgan fingerprint density at radius 2 is 1.85 bits per heavy atom. The molecule has 2 N–H and O–H groups in total. The Kier molecular flexibility index (Phi) is 6.81. The molecule has 8 nitrogen and oxygen atoms in total. The van der Waals surface area contributed by atoms with Gasteiger partial charge in [0.25, 0.3) is 5.69 Å². The molecule has 0 fully saturated rings. The molecule has 0 aliphatic heterocycles. The van der Waals surface area contributed by atoms with Crippen molar-refractivity contribution >= 4 is 41.0 Å². The van der Waals surface area contributed by atoms with Crippen LogP contribution in [0, 0.1) is 10.1 Å². The lowest BCUT2D eigenvalue weighted by molar-refractivity contribution is -0.384. The predicted octanol–water partition coefficient (Wildman–Crippen LogP) is 3.12. The summed E-state index contributed by atoms with van der Waals surface area (Å²) >= 11 is 5.82. The van der Waals surface area contributed by atoms with E-state index >= 15 is 0 Å². The van der Waals surface area contributed by atoms with E-state index in [1.54, 1.807) is 30.3 Å². The third kappa shape index (κ3) is 6.33. The maximum atomic E-state index is 11.8. The molecule has 2 rings (SSSR count). The zero-order valence-corrected chi connectivity index (χ0v) is 14.3. The zero-order valence-electron chi connectivity index (χ0n) is 13.5. The fourth-order valence-corrected chi connectivity index (χ4v) is 2.16. The first-order chi connectivity index (χ1) is 12.4. The van der Waals surface area contributed by atoms with Gasteiger partial charge in [-0.2, -0.15) is 5.10 Å². The summed E-state index contributed by atoms with van der Waals surface area (Å²) in [5.41, 5.74) is 3.21. The first-order valence-corrected chi connectivity index (χ1v) is 7.93. The summed E-state index contributed by atoms with van der Waals surface area (Å²) in [7, 11) is 0. The number of benzene rings is 2. The van der Waals surface area contributed by atoms with Gasteiger partial charge in [0.15, 0.2) is 0 Å². The number of hydrogen-bond donors (Lipinski definition) is 2. The largest absolute Gasteiger partial charge is 0.326 e. The quantitative estimate of drug-likeness (QED) is 0.440. The summed E-state index contributed by atoms with van der Waals surface area (Å²) in [5, 5.41) is 17.5. The van der Waals surface area contributed by atoms with Crippen LogP contribution in [0.15, 0.2) is 53.6 Å². The van der Waals surface area contributed by atoms with Crippen LogP contribution < -0.4 is 10.7 Å². The normalized spacial score (nSPS) is 10.5. The molecule has 26 heavy (non-hydrogen) atoms. The minimum Gasteiger partial charge on any atom is -0.326 e. The molecule has 2 aromatic carbocycles. The maximum absolute atomic E-state index is 11.8. The van der Waals surface area contributed by atoms with Gasteiger partial charge in [0, 0.05) is 41.2 Å². The van der Waals surface area contributed by atoms with E-state index in [-0.39, 0.29) is 24.4 Å². The van der Waals surface area contributed by atoms with Gasteiger partial charge in [-0.1, -0.05) is 29.8 Å². The number of nitro benzene ring substituents is 1. The average Bonchev–Trinajstić information content (AvgIpc) is 2.60. The van der Waals surface area contributed by atoms with E-state index in [0.717, 1.165) is 0 Å². The molecule has 0 atom stereocenters. The van der Waals surface area contributed by atoms with Crippen LogP contribution in [0.25, 0.3) is 0 Å². The summed E-state index contributed by atoms with van der Waals surface area (Å²) in [6.07, 6.45) is 1.21. The SMILES string of the molecule is O=C(CCC(=O)Nc1cccc(Cl)c1)N/N=C/c1cccc([N+](=O)[O-])c1. The molecule has 0 heterocycles. The number of carbonyl (C=O) groups excluding carboxylic acids is 2. The molecule has 0 saturated carbocycles. The molecule has 0 aliphatic rings. The number of halogens is 1. The Labute approximate surface area is 154 Å². The van der Waals surface area contributed by atoms with Gasteiger partial charge in [-0.05, 0) is 18.2 Å². The topological polar surface area (TPSA) is 114 Å². The number of carbonyl (C=O) groups is 2. The Balaban J connectivity index is 1.77. The molecule has 134 valence electrons. The van der Waals surface area contributed by atoms with Crippen molar-refractivity contribution in [1.29, 1.82) is 0 Å². The van der Waals surface area contributed by atoms with E-state index < -0.39 is 10.8 Å². The molecule has 0 bridgehead atoms. The number of anilines is 1. The predicted molar refractivity (Wildman–Crippen MR) is 98.1 cm³/mol. The number of non-ortho nitro benzene ring substituents is 1. The average molecular weight is 375 g/mol. The first kappa shape index (κ1) is 19.1. The van der Waals surface area contributed by atoms with E-state index in [1.807, 2.05) is 0 Å². The van der Waals surface area contributed by atoms with Gasteiger partial charge in [-0.25, -0.2) is 5.43 Å². The van der Waals surface area contributed by atoms with Crippen LogP contribution in [0.4, 0.5) is 11.4 Å². The highest BCUT2D eigenvalue weighted by atomic mass is 35.5. The third-order valence-electron chi connectivity index (χ3n) is 3.17. The maximum Gasteiger partial charge on any atom is 0.270 e.